The Morgan fingerprint density at radius 2 is 2.10 bits per heavy atom. The van der Waals surface area contributed by atoms with Gasteiger partial charge in [0.25, 0.3) is 0 Å². The van der Waals surface area contributed by atoms with Crippen molar-refractivity contribution in [3.05, 3.63) is 25.6 Å². The molecule has 3 heteroatoms. The van der Waals surface area contributed by atoms with E-state index in [1.165, 1.54) is 17.3 Å². The first-order valence-electron chi connectivity index (χ1n) is 3.07. The summed E-state index contributed by atoms with van der Waals surface area (Å²) < 4.78 is 0. The van der Waals surface area contributed by atoms with Gasteiger partial charge in [0.1, 0.15) is 0 Å². The van der Waals surface area contributed by atoms with Gasteiger partial charge in [-0.15, -0.1) is 0 Å². The lowest BCUT2D eigenvalue weighted by atomic mass is 10.6. The van der Waals surface area contributed by atoms with Crippen molar-refractivity contribution < 1.29 is 4.79 Å². The minimum absolute atomic E-state index is 0.201. The Bertz CT molecular complexity index is 135. The van der Waals surface area contributed by atoms with E-state index in [0.29, 0.717) is 6.54 Å². The van der Waals surface area contributed by atoms with E-state index >= 15 is 0 Å². The van der Waals surface area contributed by atoms with Crippen LogP contribution >= 0.6 is 0 Å². The molecule has 0 radical (unpaired) electrons. The zero-order chi connectivity index (χ0) is 7.98. The van der Waals surface area contributed by atoms with Crippen molar-refractivity contribution in [3.63, 3.8) is 0 Å². The van der Waals surface area contributed by atoms with Gasteiger partial charge in [0.2, 0.25) is 0 Å². The molecule has 10 heavy (non-hydrogen) atoms. The van der Waals surface area contributed by atoms with Crippen molar-refractivity contribution in [1.29, 1.82) is 0 Å². The predicted octanol–water partition coefficient (Wildman–Crippen LogP) is 1.30. The molecule has 0 aliphatic carbocycles. The Morgan fingerprint density at radius 1 is 1.60 bits per heavy atom. The largest absolute Gasteiger partial charge is 0.338 e. The van der Waals surface area contributed by atoms with Gasteiger partial charge in [0.05, 0.1) is 0 Å². The molecule has 0 aliphatic heterocycles. The van der Waals surface area contributed by atoms with Crippen LogP contribution in [0.15, 0.2) is 25.6 Å². The molecular weight excluding hydrogens is 128 g/mol. The molecule has 3 nitrogen and oxygen atoms in total. The van der Waals surface area contributed by atoms with Crippen LogP contribution in [0.2, 0.25) is 0 Å². The summed E-state index contributed by atoms with van der Waals surface area (Å²) in [5, 5.41) is 2.59. The maximum absolute atomic E-state index is 10.9. The molecule has 0 bridgehead atoms. The van der Waals surface area contributed by atoms with E-state index in [4.69, 9.17) is 0 Å². The second-order valence-corrected chi connectivity index (χ2v) is 1.61. The second kappa shape index (κ2) is 4.61. The third-order valence-corrected chi connectivity index (χ3v) is 0.956. The second-order valence-electron chi connectivity index (χ2n) is 1.61. The van der Waals surface area contributed by atoms with Gasteiger partial charge < -0.3 is 5.32 Å². The zero-order valence-electron chi connectivity index (χ0n) is 6.13. The Balaban J connectivity index is 3.88. The molecular formula is C7H12N2O. The molecule has 0 heterocycles. The summed E-state index contributed by atoms with van der Waals surface area (Å²) in [6.45, 7) is 9.32. The maximum atomic E-state index is 10.9. The van der Waals surface area contributed by atoms with Crippen molar-refractivity contribution in [2.75, 3.05) is 6.54 Å². The minimum atomic E-state index is -0.201. The van der Waals surface area contributed by atoms with Crippen LogP contribution in [-0.2, 0) is 0 Å². The number of hydrogen-bond donors (Lipinski definition) is 1. The first kappa shape index (κ1) is 8.75. The lowest BCUT2D eigenvalue weighted by molar-refractivity contribution is 0.227. The van der Waals surface area contributed by atoms with Gasteiger partial charge in [-0.05, 0) is 6.92 Å². The lowest BCUT2D eigenvalue weighted by Crippen LogP contribution is -2.32. The highest BCUT2D eigenvalue weighted by atomic mass is 16.2. The van der Waals surface area contributed by atoms with Crippen LogP contribution < -0.4 is 5.32 Å². The normalized spacial score (nSPS) is 8.10. The molecule has 1 N–H and O–H groups in total. The van der Waals surface area contributed by atoms with Crippen LogP contribution in [0.25, 0.3) is 0 Å². The van der Waals surface area contributed by atoms with Gasteiger partial charge in [0, 0.05) is 18.9 Å². The van der Waals surface area contributed by atoms with Gasteiger partial charge in [-0.25, -0.2) is 4.79 Å². The Hall–Kier alpha value is -1.25. The topological polar surface area (TPSA) is 32.3 Å². The van der Waals surface area contributed by atoms with E-state index in [0.717, 1.165) is 0 Å². The number of carbonyl (C=O) groups is 1. The van der Waals surface area contributed by atoms with E-state index < -0.39 is 0 Å². The highest BCUT2D eigenvalue weighted by molar-refractivity contribution is 5.76. The first-order valence-corrected chi connectivity index (χ1v) is 3.07. The summed E-state index contributed by atoms with van der Waals surface area (Å²) in [4.78, 5) is 12.2. The summed E-state index contributed by atoms with van der Waals surface area (Å²) in [7, 11) is 0. The first-order chi connectivity index (χ1) is 4.76. The van der Waals surface area contributed by atoms with Crippen LogP contribution in [0.4, 0.5) is 4.79 Å². The fourth-order valence-electron chi connectivity index (χ4n) is 0.483. The summed E-state index contributed by atoms with van der Waals surface area (Å²) in [5.41, 5.74) is 0. The summed E-state index contributed by atoms with van der Waals surface area (Å²) in [6.07, 6.45) is 2.80. The van der Waals surface area contributed by atoms with Crippen LogP contribution in [0.5, 0.6) is 0 Å². The zero-order valence-corrected chi connectivity index (χ0v) is 6.13. The Kier molecular flexibility index (Phi) is 4.04. The predicted molar refractivity (Wildman–Crippen MR) is 41.3 cm³/mol. The Morgan fingerprint density at radius 3 is 2.40 bits per heavy atom. The summed E-state index contributed by atoms with van der Waals surface area (Å²) >= 11 is 0. The van der Waals surface area contributed by atoms with Gasteiger partial charge in [0.15, 0.2) is 0 Å². The summed E-state index contributed by atoms with van der Waals surface area (Å²) in [6, 6.07) is -0.201. The van der Waals surface area contributed by atoms with Crippen molar-refractivity contribution in [3.8, 4) is 0 Å². The Labute approximate surface area is 61.0 Å². The molecule has 0 aromatic heterocycles. The van der Waals surface area contributed by atoms with Crippen molar-refractivity contribution in [2.24, 2.45) is 0 Å². The van der Waals surface area contributed by atoms with E-state index in [1.54, 1.807) is 0 Å². The fraction of sp³-hybridized carbons (Fsp3) is 0.286. The molecule has 2 amide bonds. The number of hydrogen-bond acceptors (Lipinski definition) is 1. The van der Waals surface area contributed by atoms with Crippen LogP contribution in [-0.4, -0.2) is 17.5 Å². The van der Waals surface area contributed by atoms with Crippen LogP contribution in [0.1, 0.15) is 6.92 Å². The summed E-state index contributed by atoms with van der Waals surface area (Å²) in [5.74, 6) is 0. The lowest BCUT2D eigenvalue weighted by Gasteiger charge is -2.11. The molecule has 0 fully saturated rings. The molecule has 0 aromatic carbocycles. The number of nitrogens with zero attached hydrogens (tertiary/aromatic N) is 1. The third kappa shape index (κ3) is 2.35. The van der Waals surface area contributed by atoms with E-state index in [2.05, 4.69) is 18.5 Å². The van der Waals surface area contributed by atoms with Crippen molar-refractivity contribution in [1.82, 2.24) is 10.2 Å². The number of urea groups is 1. The van der Waals surface area contributed by atoms with Gasteiger partial charge in [-0.3, -0.25) is 4.90 Å². The molecule has 0 aliphatic rings. The fourth-order valence-corrected chi connectivity index (χ4v) is 0.483. The van der Waals surface area contributed by atoms with Crippen LogP contribution in [0, 0.1) is 0 Å². The van der Waals surface area contributed by atoms with Gasteiger partial charge in [-0.1, -0.05) is 13.2 Å². The molecule has 0 rings (SSSR count). The smallest absolute Gasteiger partial charge is 0.325 e. The molecule has 0 atom stereocenters. The van der Waals surface area contributed by atoms with Crippen molar-refractivity contribution in [2.45, 2.75) is 6.92 Å². The number of nitrogens with one attached hydrogen (secondary N) is 1. The third-order valence-electron chi connectivity index (χ3n) is 0.956. The number of rotatable bonds is 3. The van der Waals surface area contributed by atoms with Crippen LogP contribution in [0.3, 0.4) is 0 Å². The molecule has 56 valence electrons. The SMILES string of the molecule is C=CN(C=C)C(=O)NCC. The van der Waals surface area contributed by atoms with Gasteiger partial charge in [-0.2, -0.15) is 0 Å². The molecule has 0 aromatic rings. The molecule has 0 saturated heterocycles. The highest BCUT2D eigenvalue weighted by Gasteiger charge is 2.01. The number of amides is 2. The van der Waals surface area contributed by atoms with E-state index in [9.17, 15) is 4.79 Å². The monoisotopic (exact) mass is 140 g/mol. The quantitative estimate of drug-likeness (QED) is 0.629. The molecule has 0 saturated carbocycles. The average molecular weight is 140 g/mol. The highest BCUT2D eigenvalue weighted by Crippen LogP contribution is 1.88. The van der Waals surface area contributed by atoms with Gasteiger partial charge >= 0.3 is 6.03 Å². The number of carbonyl (C=O) groups excluding carboxylic acids is 1. The maximum Gasteiger partial charge on any atom is 0.325 e. The van der Waals surface area contributed by atoms with E-state index in [1.807, 2.05) is 6.92 Å². The standard InChI is InChI=1S/C7H12N2O/c1-4-8-7(10)9(5-2)6-3/h5-6H,2-4H2,1H3,(H,8,10). The molecule has 0 spiro atoms. The average Bonchev–Trinajstić information content (AvgIpc) is 1.91. The van der Waals surface area contributed by atoms with E-state index in [-0.39, 0.29) is 6.03 Å². The molecule has 0 unspecified atom stereocenters. The van der Waals surface area contributed by atoms with Crippen molar-refractivity contribution >= 4 is 6.03 Å². The minimum Gasteiger partial charge on any atom is -0.338 e.